The smallest absolute Gasteiger partial charge is 0.221 e. The van der Waals surface area contributed by atoms with Crippen molar-refractivity contribution in [1.82, 2.24) is 19.9 Å². The molecule has 0 aliphatic carbocycles. The molecule has 6 nitrogen and oxygen atoms in total. The first-order chi connectivity index (χ1) is 11.2. The predicted molar refractivity (Wildman–Crippen MR) is 92.1 cm³/mol. The first-order valence-corrected chi connectivity index (χ1v) is 7.89. The molecule has 3 rings (SSSR count). The summed E-state index contributed by atoms with van der Waals surface area (Å²) in [7, 11) is 1.65. The zero-order valence-corrected chi connectivity index (χ0v) is 13.5. The van der Waals surface area contributed by atoms with Crippen molar-refractivity contribution >= 4 is 33.7 Å². The van der Waals surface area contributed by atoms with Crippen LogP contribution in [0.1, 0.15) is 25.6 Å². The Morgan fingerprint density at radius 1 is 1.30 bits per heavy atom. The first-order valence-electron chi connectivity index (χ1n) is 7.89. The number of anilines is 1. The van der Waals surface area contributed by atoms with Crippen LogP contribution in [0.4, 0.5) is 5.82 Å². The number of nitrogens with zero attached hydrogens (tertiary/aromatic N) is 3. The number of benzene rings is 1. The Labute approximate surface area is 134 Å². The van der Waals surface area contributed by atoms with Gasteiger partial charge < -0.3 is 15.6 Å². The van der Waals surface area contributed by atoms with E-state index in [4.69, 9.17) is 10.7 Å². The van der Waals surface area contributed by atoms with E-state index in [1.807, 2.05) is 24.3 Å². The van der Waals surface area contributed by atoms with E-state index < -0.39 is 0 Å². The summed E-state index contributed by atoms with van der Waals surface area (Å²) in [6, 6.07) is 7.90. The lowest BCUT2D eigenvalue weighted by molar-refractivity contribution is -0.120. The van der Waals surface area contributed by atoms with Crippen molar-refractivity contribution < 1.29 is 4.79 Å². The van der Waals surface area contributed by atoms with E-state index in [0.717, 1.165) is 40.6 Å². The van der Waals surface area contributed by atoms with E-state index in [9.17, 15) is 4.79 Å². The summed E-state index contributed by atoms with van der Waals surface area (Å²) in [4.78, 5) is 20.8. The van der Waals surface area contributed by atoms with Crippen LogP contribution in [0, 0.1) is 0 Å². The molecule has 3 N–H and O–H groups in total. The van der Waals surface area contributed by atoms with Crippen LogP contribution in [-0.4, -0.2) is 27.5 Å². The van der Waals surface area contributed by atoms with E-state index >= 15 is 0 Å². The highest BCUT2D eigenvalue weighted by atomic mass is 16.1. The van der Waals surface area contributed by atoms with Gasteiger partial charge in [-0.3, -0.25) is 4.79 Å². The molecule has 0 aliphatic heterocycles. The Kier molecular flexibility index (Phi) is 4.14. The standard InChI is InChI=1S/C17H21N5O/c1-3-6-13-21-15-16(22(13)10-9-14(23)19-2)11-7-4-5-8-12(11)20-17(15)18/h4-5,7-8H,3,6,9-10H2,1-2H3,(H2,18,20)(H,19,23). The van der Waals surface area contributed by atoms with E-state index in [1.165, 1.54) is 0 Å². The van der Waals surface area contributed by atoms with Crippen LogP contribution in [0.3, 0.4) is 0 Å². The monoisotopic (exact) mass is 311 g/mol. The highest BCUT2D eigenvalue weighted by Gasteiger charge is 2.17. The number of imidazole rings is 1. The Morgan fingerprint density at radius 3 is 2.83 bits per heavy atom. The number of rotatable bonds is 5. The molecule has 0 aliphatic rings. The van der Waals surface area contributed by atoms with Crippen LogP contribution < -0.4 is 11.1 Å². The van der Waals surface area contributed by atoms with Crippen molar-refractivity contribution in [2.75, 3.05) is 12.8 Å². The Hall–Kier alpha value is -2.63. The zero-order valence-electron chi connectivity index (χ0n) is 13.5. The van der Waals surface area contributed by atoms with E-state index in [2.05, 4.69) is 21.8 Å². The number of aromatic nitrogens is 3. The third-order valence-corrected chi connectivity index (χ3v) is 4.00. The lowest BCUT2D eigenvalue weighted by Crippen LogP contribution is -2.20. The largest absolute Gasteiger partial charge is 0.382 e. The van der Waals surface area contributed by atoms with Crippen molar-refractivity contribution in [2.45, 2.75) is 32.7 Å². The second-order valence-corrected chi connectivity index (χ2v) is 5.56. The highest BCUT2D eigenvalue weighted by Crippen LogP contribution is 2.29. The summed E-state index contributed by atoms with van der Waals surface area (Å²) in [6.45, 7) is 2.70. The molecule has 2 aromatic heterocycles. The summed E-state index contributed by atoms with van der Waals surface area (Å²) in [5.74, 6) is 1.41. The molecule has 6 heteroatoms. The third kappa shape index (κ3) is 2.72. The quantitative estimate of drug-likeness (QED) is 0.757. The molecule has 0 saturated heterocycles. The molecule has 0 saturated carbocycles. The minimum atomic E-state index is 0.0145. The summed E-state index contributed by atoms with van der Waals surface area (Å²) in [5, 5.41) is 3.68. The Morgan fingerprint density at radius 2 is 2.09 bits per heavy atom. The average molecular weight is 311 g/mol. The van der Waals surface area contributed by atoms with Crippen LogP contribution in [-0.2, 0) is 17.8 Å². The van der Waals surface area contributed by atoms with Gasteiger partial charge in [-0.15, -0.1) is 0 Å². The number of pyridine rings is 1. The zero-order chi connectivity index (χ0) is 16.4. The molecule has 0 bridgehead atoms. The number of hydrogen-bond acceptors (Lipinski definition) is 4. The maximum absolute atomic E-state index is 11.7. The van der Waals surface area contributed by atoms with Crippen molar-refractivity contribution in [2.24, 2.45) is 0 Å². The van der Waals surface area contributed by atoms with Crippen molar-refractivity contribution in [3.05, 3.63) is 30.1 Å². The molecule has 1 aromatic carbocycles. The van der Waals surface area contributed by atoms with Gasteiger partial charge in [0, 0.05) is 31.8 Å². The number of amides is 1. The summed E-state index contributed by atoms with van der Waals surface area (Å²) >= 11 is 0. The minimum absolute atomic E-state index is 0.0145. The molecule has 0 spiro atoms. The van der Waals surface area contributed by atoms with Crippen molar-refractivity contribution in [1.29, 1.82) is 0 Å². The second-order valence-electron chi connectivity index (χ2n) is 5.56. The fourth-order valence-corrected chi connectivity index (χ4v) is 2.90. The van der Waals surface area contributed by atoms with Gasteiger partial charge in [0.25, 0.3) is 0 Å². The predicted octanol–water partition coefficient (Wildman–Crippen LogP) is 2.26. The van der Waals surface area contributed by atoms with Gasteiger partial charge in [0.2, 0.25) is 5.91 Å². The van der Waals surface area contributed by atoms with Crippen LogP contribution in [0.25, 0.3) is 21.9 Å². The number of nitrogens with one attached hydrogen (secondary N) is 1. The average Bonchev–Trinajstić information content (AvgIpc) is 2.92. The summed E-state index contributed by atoms with van der Waals surface area (Å²) in [5.41, 5.74) is 8.66. The first kappa shape index (κ1) is 15.3. The number of aryl methyl sites for hydroxylation is 2. The summed E-state index contributed by atoms with van der Waals surface area (Å²) < 4.78 is 2.12. The number of carbonyl (C=O) groups is 1. The third-order valence-electron chi connectivity index (χ3n) is 4.00. The number of nitrogens with two attached hydrogens (primary N) is 1. The number of fused-ring (bicyclic) bond motifs is 3. The topological polar surface area (TPSA) is 85.8 Å². The lowest BCUT2D eigenvalue weighted by Gasteiger charge is -2.10. The highest BCUT2D eigenvalue weighted by molar-refractivity contribution is 6.06. The molecular formula is C17H21N5O. The Bertz CT molecular complexity index is 868. The van der Waals surface area contributed by atoms with Gasteiger partial charge in [0.05, 0.1) is 11.0 Å². The van der Waals surface area contributed by atoms with Gasteiger partial charge in [-0.1, -0.05) is 25.1 Å². The number of carbonyl (C=O) groups excluding carboxylic acids is 1. The molecule has 0 radical (unpaired) electrons. The van der Waals surface area contributed by atoms with Crippen molar-refractivity contribution in [3.63, 3.8) is 0 Å². The lowest BCUT2D eigenvalue weighted by atomic mass is 10.2. The van der Waals surface area contributed by atoms with Gasteiger partial charge in [-0.25, -0.2) is 9.97 Å². The molecule has 3 aromatic rings. The molecule has 120 valence electrons. The van der Waals surface area contributed by atoms with Crippen LogP contribution in [0.2, 0.25) is 0 Å². The molecule has 23 heavy (non-hydrogen) atoms. The van der Waals surface area contributed by atoms with Crippen LogP contribution >= 0.6 is 0 Å². The van der Waals surface area contributed by atoms with Gasteiger partial charge in [0.1, 0.15) is 11.3 Å². The van der Waals surface area contributed by atoms with Gasteiger partial charge >= 0.3 is 0 Å². The van der Waals surface area contributed by atoms with E-state index in [1.54, 1.807) is 7.05 Å². The van der Waals surface area contributed by atoms with Crippen LogP contribution in [0.15, 0.2) is 24.3 Å². The van der Waals surface area contributed by atoms with Crippen LogP contribution in [0.5, 0.6) is 0 Å². The molecule has 0 atom stereocenters. The number of para-hydroxylation sites is 1. The number of hydrogen-bond donors (Lipinski definition) is 2. The second kappa shape index (κ2) is 6.24. The molecular weight excluding hydrogens is 290 g/mol. The minimum Gasteiger partial charge on any atom is -0.382 e. The Balaban J connectivity index is 2.24. The molecule has 1 amide bonds. The van der Waals surface area contributed by atoms with Crippen molar-refractivity contribution in [3.8, 4) is 0 Å². The maximum atomic E-state index is 11.7. The molecule has 2 heterocycles. The van der Waals surface area contributed by atoms with Gasteiger partial charge in [-0.2, -0.15) is 0 Å². The molecule has 0 fully saturated rings. The fraction of sp³-hybridized carbons (Fsp3) is 0.353. The molecule has 0 unspecified atom stereocenters. The summed E-state index contributed by atoms with van der Waals surface area (Å²) in [6.07, 6.45) is 2.24. The van der Waals surface area contributed by atoms with E-state index in [-0.39, 0.29) is 5.91 Å². The fourth-order valence-electron chi connectivity index (χ4n) is 2.90. The van der Waals surface area contributed by atoms with Gasteiger partial charge in [-0.05, 0) is 12.5 Å². The normalized spacial score (nSPS) is 11.2. The van der Waals surface area contributed by atoms with E-state index in [0.29, 0.717) is 18.8 Å². The number of nitrogen functional groups attached to an aromatic ring is 1. The van der Waals surface area contributed by atoms with Gasteiger partial charge in [0.15, 0.2) is 5.82 Å². The maximum Gasteiger partial charge on any atom is 0.221 e. The SMILES string of the molecule is CCCc1nc2c(N)nc3ccccc3c2n1CCC(=O)NC.